The average Bonchev–Trinajstić information content (AvgIpc) is 3.96. The van der Waals surface area contributed by atoms with E-state index in [1.54, 1.807) is 0 Å². The Morgan fingerprint density at radius 2 is 1.12 bits per heavy atom. The van der Waals surface area contributed by atoms with Crippen LogP contribution in [0, 0.1) is 11.8 Å². The van der Waals surface area contributed by atoms with E-state index in [0.29, 0.717) is 5.92 Å². The summed E-state index contributed by atoms with van der Waals surface area (Å²) in [7, 11) is 0. The van der Waals surface area contributed by atoms with E-state index >= 15 is 0 Å². The molecule has 334 valence electrons. The Kier molecular flexibility index (Phi) is 9.71. The summed E-state index contributed by atoms with van der Waals surface area (Å²) in [6, 6.07) is 63.2. The van der Waals surface area contributed by atoms with E-state index in [1.165, 1.54) is 67.1 Å². The number of hydrogen-bond donors (Lipinski definition) is 0. The molecular weight excluding hydrogens is 823 g/mol. The highest BCUT2D eigenvalue weighted by Gasteiger charge is 2.62. The predicted octanol–water partition coefficient (Wildman–Crippen LogP) is 16.2. The molecule has 3 unspecified atom stereocenters. The van der Waals surface area contributed by atoms with Gasteiger partial charge in [0.15, 0.2) is 0 Å². The Hall–Kier alpha value is -7.23. The molecule has 1 spiro atoms. The number of aromatic nitrogens is 1. The zero-order valence-electron chi connectivity index (χ0n) is 40.3. The van der Waals surface area contributed by atoms with Gasteiger partial charge in [-0.05, 0) is 127 Å². The molecule has 6 aromatic carbocycles. The summed E-state index contributed by atoms with van der Waals surface area (Å²) in [5.74, 6) is 1.29. The molecule has 3 atom stereocenters. The van der Waals surface area contributed by atoms with Gasteiger partial charge in [0.2, 0.25) is 0 Å². The van der Waals surface area contributed by atoms with Crippen LogP contribution in [0.1, 0.15) is 77.1 Å². The van der Waals surface area contributed by atoms with Gasteiger partial charge in [0.05, 0.1) is 22.8 Å². The number of pyridine rings is 1. The first kappa shape index (κ1) is 42.1. The summed E-state index contributed by atoms with van der Waals surface area (Å²) < 4.78 is 0. The van der Waals surface area contributed by atoms with Gasteiger partial charge in [0.25, 0.3) is 0 Å². The van der Waals surface area contributed by atoms with Crippen LogP contribution >= 0.6 is 0 Å². The highest BCUT2D eigenvalue weighted by molar-refractivity contribution is 5.92. The highest BCUT2D eigenvalue weighted by atomic mass is 15.3. The van der Waals surface area contributed by atoms with Crippen molar-refractivity contribution in [3.05, 3.63) is 251 Å². The number of allylic oxidation sites excluding steroid dienone is 4. The molecule has 1 aromatic heterocycles. The van der Waals surface area contributed by atoms with E-state index in [9.17, 15) is 0 Å². The van der Waals surface area contributed by atoms with Gasteiger partial charge in [-0.15, -0.1) is 0 Å². The first-order chi connectivity index (χ1) is 32.9. The second kappa shape index (κ2) is 15.7. The quantitative estimate of drug-likeness (QED) is 0.166. The van der Waals surface area contributed by atoms with E-state index in [2.05, 4.69) is 259 Å². The van der Waals surface area contributed by atoms with Crippen LogP contribution in [0.15, 0.2) is 228 Å². The third-order valence-corrected chi connectivity index (χ3v) is 15.4. The van der Waals surface area contributed by atoms with Crippen molar-refractivity contribution in [1.29, 1.82) is 0 Å². The molecule has 1 aliphatic heterocycles. The van der Waals surface area contributed by atoms with E-state index in [4.69, 9.17) is 4.98 Å². The lowest BCUT2D eigenvalue weighted by Gasteiger charge is -2.42. The van der Waals surface area contributed by atoms with Gasteiger partial charge in [0.1, 0.15) is 5.82 Å². The molecule has 5 aliphatic rings. The van der Waals surface area contributed by atoms with Gasteiger partial charge in [0, 0.05) is 28.6 Å². The van der Waals surface area contributed by atoms with Gasteiger partial charge in [-0.3, -0.25) is 0 Å². The van der Waals surface area contributed by atoms with Crippen molar-refractivity contribution in [3.8, 4) is 33.5 Å². The lowest BCUT2D eigenvalue weighted by molar-refractivity contribution is 0.528. The molecule has 0 N–H and O–H groups in total. The Labute approximate surface area is 403 Å². The fraction of sp³-hybridized carbons (Fsp3) is 0.215. The first-order valence-electron chi connectivity index (χ1n) is 24.6. The SMILES string of the molecule is CC1CC=CC2=C1C1(C3=C2N(c2cc(-c4ccccc4)cc(-c4ccccc4)n2)C2C=CC(N(c4ccc(C(C)(C)C)cc4)c4ccc(C(C)(C)C)cc4)=CC32)c2ccccc2-c2ccccc21. The largest absolute Gasteiger partial charge is 0.318 e. The van der Waals surface area contributed by atoms with Crippen LogP contribution in [0.3, 0.4) is 0 Å². The summed E-state index contributed by atoms with van der Waals surface area (Å²) >= 11 is 0. The van der Waals surface area contributed by atoms with Crippen molar-refractivity contribution in [2.24, 2.45) is 11.8 Å². The molecular formula is C65H59N3. The molecule has 7 aromatic rings. The van der Waals surface area contributed by atoms with Gasteiger partial charge >= 0.3 is 0 Å². The van der Waals surface area contributed by atoms with Crippen LogP contribution in [0.4, 0.5) is 17.2 Å². The molecule has 3 heteroatoms. The monoisotopic (exact) mass is 881 g/mol. The average molecular weight is 882 g/mol. The molecule has 0 radical (unpaired) electrons. The summed E-state index contributed by atoms with van der Waals surface area (Å²) in [4.78, 5) is 10.8. The Balaban J connectivity index is 1.13. The molecule has 0 amide bonds. The van der Waals surface area contributed by atoms with Crippen molar-refractivity contribution in [2.45, 2.75) is 77.2 Å². The van der Waals surface area contributed by atoms with Crippen molar-refractivity contribution in [2.75, 3.05) is 9.80 Å². The third-order valence-electron chi connectivity index (χ3n) is 15.4. The number of nitrogens with zero attached hydrogens (tertiary/aromatic N) is 3. The van der Waals surface area contributed by atoms with E-state index in [-0.39, 0.29) is 22.8 Å². The van der Waals surface area contributed by atoms with Crippen molar-refractivity contribution >= 4 is 17.2 Å². The second-order valence-electron chi connectivity index (χ2n) is 21.6. The highest BCUT2D eigenvalue weighted by Crippen LogP contribution is 2.69. The molecule has 68 heavy (non-hydrogen) atoms. The van der Waals surface area contributed by atoms with E-state index in [0.717, 1.165) is 40.4 Å². The predicted molar refractivity (Wildman–Crippen MR) is 284 cm³/mol. The zero-order valence-corrected chi connectivity index (χ0v) is 40.3. The molecule has 12 rings (SSSR count). The third kappa shape index (κ3) is 6.50. The lowest BCUT2D eigenvalue weighted by atomic mass is 9.61. The van der Waals surface area contributed by atoms with Crippen LogP contribution in [0.2, 0.25) is 0 Å². The van der Waals surface area contributed by atoms with E-state index in [1.807, 2.05) is 0 Å². The van der Waals surface area contributed by atoms with Crippen molar-refractivity contribution < 1.29 is 0 Å². The Morgan fingerprint density at radius 1 is 0.574 bits per heavy atom. The zero-order chi connectivity index (χ0) is 46.5. The number of rotatable bonds is 6. The van der Waals surface area contributed by atoms with Crippen LogP contribution < -0.4 is 9.80 Å². The fourth-order valence-corrected chi connectivity index (χ4v) is 12.2. The van der Waals surface area contributed by atoms with E-state index < -0.39 is 5.41 Å². The minimum Gasteiger partial charge on any atom is -0.318 e. The van der Waals surface area contributed by atoms with Gasteiger partial charge in [-0.2, -0.15) is 0 Å². The smallest absolute Gasteiger partial charge is 0.134 e. The summed E-state index contributed by atoms with van der Waals surface area (Å²) in [6.45, 7) is 16.2. The number of anilines is 3. The van der Waals surface area contributed by atoms with Crippen LogP contribution in [0.25, 0.3) is 33.5 Å². The molecule has 3 nitrogen and oxygen atoms in total. The minimum atomic E-state index is -0.459. The standard InChI is InChI=1S/C65H59N3/c1-42-19-18-26-53-60(42)65(55-27-16-14-24-51(55)52-25-15-17-28-56(52)65)61-54-41-50(67(48-33-29-46(30-34-48)63(2,3)4)49-35-31-47(32-36-49)64(5,6)7)37-38-58(54)68(62(53)61)59-40-45(43-20-10-8-11-21-43)39-57(66-59)44-22-12-9-13-23-44/h8-18,20-42,54,58H,19H2,1-7H3. The maximum Gasteiger partial charge on any atom is 0.134 e. The van der Waals surface area contributed by atoms with Crippen LogP contribution in [-0.4, -0.2) is 11.0 Å². The second-order valence-corrected chi connectivity index (χ2v) is 21.6. The Bertz CT molecular complexity index is 3120. The van der Waals surface area contributed by atoms with Gasteiger partial charge in [-0.1, -0.05) is 206 Å². The number of benzene rings is 6. The summed E-state index contributed by atoms with van der Waals surface area (Å²) in [6.07, 6.45) is 13.4. The molecule has 0 saturated carbocycles. The van der Waals surface area contributed by atoms with Gasteiger partial charge < -0.3 is 9.80 Å². The Morgan fingerprint density at radius 3 is 1.69 bits per heavy atom. The van der Waals surface area contributed by atoms with Crippen molar-refractivity contribution in [3.63, 3.8) is 0 Å². The molecule has 2 heterocycles. The molecule has 0 bridgehead atoms. The number of hydrogen-bond acceptors (Lipinski definition) is 3. The topological polar surface area (TPSA) is 19.4 Å². The lowest BCUT2D eigenvalue weighted by Crippen LogP contribution is -2.40. The fourth-order valence-electron chi connectivity index (χ4n) is 12.2. The van der Waals surface area contributed by atoms with Crippen LogP contribution in [-0.2, 0) is 16.2 Å². The molecule has 0 fully saturated rings. The van der Waals surface area contributed by atoms with Gasteiger partial charge in [-0.25, -0.2) is 4.98 Å². The summed E-state index contributed by atoms with van der Waals surface area (Å²) in [5.41, 5.74) is 21.3. The first-order valence-corrected chi connectivity index (χ1v) is 24.6. The number of fused-ring (bicyclic) bond motifs is 10. The van der Waals surface area contributed by atoms with Crippen LogP contribution in [0.5, 0.6) is 0 Å². The van der Waals surface area contributed by atoms with Crippen molar-refractivity contribution in [1.82, 2.24) is 4.98 Å². The summed E-state index contributed by atoms with van der Waals surface area (Å²) in [5, 5.41) is 0. The molecule has 4 aliphatic carbocycles. The maximum atomic E-state index is 5.71. The molecule has 0 saturated heterocycles. The minimum absolute atomic E-state index is 0.00275. The normalized spacial score (nSPS) is 19.7. The maximum absolute atomic E-state index is 5.71.